The van der Waals surface area contributed by atoms with Gasteiger partial charge >= 0.3 is 5.97 Å². The Balaban J connectivity index is 1.42. The van der Waals surface area contributed by atoms with E-state index in [2.05, 4.69) is 10.4 Å². The number of thiophene rings is 1. The van der Waals surface area contributed by atoms with E-state index in [1.807, 2.05) is 30.3 Å². The predicted molar refractivity (Wildman–Crippen MR) is 126 cm³/mol. The van der Waals surface area contributed by atoms with E-state index in [1.54, 1.807) is 18.5 Å². The number of carbonyl (C=O) groups excluding carboxylic acids is 3. The molecule has 3 aromatic rings. The molecule has 4 rings (SSSR count). The average Bonchev–Trinajstić information content (AvgIpc) is 3.29. The standard InChI is InChI=1S/C24H26N4O4S/c1-14-20(15(2)28(27-14)12-16-8-4-3-5-9-16)24(31)32-13-19(29)26-23-21(22(25)30)17-10-6-7-11-18(17)33-23/h3-5,8-9H,6-7,10-13H2,1-2H3,(H2,25,30)(H,26,29). The molecule has 1 aliphatic rings. The van der Waals surface area contributed by atoms with E-state index in [-0.39, 0.29) is 0 Å². The maximum absolute atomic E-state index is 12.7. The minimum absolute atomic E-state index is 0.350. The van der Waals surface area contributed by atoms with Crippen molar-refractivity contribution >= 4 is 34.1 Å². The van der Waals surface area contributed by atoms with E-state index in [1.165, 1.54) is 11.3 Å². The third-order valence-corrected chi connectivity index (χ3v) is 6.97. The quantitative estimate of drug-likeness (QED) is 0.518. The lowest BCUT2D eigenvalue weighted by Crippen LogP contribution is -2.23. The fourth-order valence-electron chi connectivity index (χ4n) is 4.18. The van der Waals surface area contributed by atoms with Crippen LogP contribution in [0.2, 0.25) is 0 Å². The van der Waals surface area contributed by atoms with E-state index < -0.39 is 24.4 Å². The lowest BCUT2D eigenvalue weighted by atomic mass is 9.95. The number of anilines is 1. The average molecular weight is 467 g/mol. The second kappa shape index (κ2) is 9.58. The number of aromatic nitrogens is 2. The van der Waals surface area contributed by atoms with Gasteiger partial charge in [0.1, 0.15) is 10.6 Å². The summed E-state index contributed by atoms with van der Waals surface area (Å²) in [6, 6.07) is 9.81. The molecule has 0 unspecified atom stereocenters. The zero-order valence-electron chi connectivity index (χ0n) is 18.6. The number of nitrogens with one attached hydrogen (secondary N) is 1. The predicted octanol–water partition coefficient (Wildman–Crippen LogP) is 3.38. The minimum atomic E-state index is -0.611. The van der Waals surface area contributed by atoms with Gasteiger partial charge in [-0.15, -0.1) is 11.3 Å². The summed E-state index contributed by atoms with van der Waals surface area (Å²) in [6.45, 7) is 3.60. The second-order valence-electron chi connectivity index (χ2n) is 8.09. The van der Waals surface area contributed by atoms with Gasteiger partial charge in [-0.05, 0) is 50.7 Å². The Morgan fingerprint density at radius 2 is 1.85 bits per heavy atom. The van der Waals surface area contributed by atoms with Crippen molar-refractivity contribution < 1.29 is 19.1 Å². The number of amides is 2. The lowest BCUT2D eigenvalue weighted by molar-refractivity contribution is -0.119. The molecule has 2 aromatic heterocycles. The minimum Gasteiger partial charge on any atom is -0.452 e. The van der Waals surface area contributed by atoms with E-state index in [0.29, 0.717) is 34.1 Å². The van der Waals surface area contributed by atoms with Crippen molar-refractivity contribution in [2.75, 3.05) is 11.9 Å². The number of nitrogens with two attached hydrogens (primary N) is 1. The maximum atomic E-state index is 12.7. The molecule has 0 fully saturated rings. The monoisotopic (exact) mass is 466 g/mol. The molecule has 0 bridgehead atoms. The second-order valence-corrected chi connectivity index (χ2v) is 9.20. The molecule has 0 radical (unpaired) electrons. The normalized spacial score (nSPS) is 12.8. The Labute approximate surface area is 195 Å². The van der Waals surface area contributed by atoms with Crippen LogP contribution in [0.25, 0.3) is 0 Å². The number of ether oxygens (including phenoxy) is 1. The first-order valence-corrected chi connectivity index (χ1v) is 11.7. The Kier molecular flexibility index (Phi) is 6.60. The third-order valence-electron chi connectivity index (χ3n) is 5.77. The number of hydrogen-bond acceptors (Lipinski definition) is 6. The molecule has 0 saturated heterocycles. The molecule has 8 nitrogen and oxygen atoms in total. The maximum Gasteiger partial charge on any atom is 0.342 e. The molecule has 0 spiro atoms. The smallest absolute Gasteiger partial charge is 0.342 e. The van der Waals surface area contributed by atoms with Gasteiger partial charge in [0.2, 0.25) is 0 Å². The summed E-state index contributed by atoms with van der Waals surface area (Å²) in [6.07, 6.45) is 3.69. The van der Waals surface area contributed by atoms with Crippen molar-refractivity contribution in [1.29, 1.82) is 0 Å². The summed E-state index contributed by atoms with van der Waals surface area (Å²) in [7, 11) is 0. The van der Waals surface area contributed by atoms with Crippen LogP contribution in [0.1, 0.15) is 60.9 Å². The first kappa shape index (κ1) is 22.7. The molecule has 33 heavy (non-hydrogen) atoms. The lowest BCUT2D eigenvalue weighted by Gasteiger charge is -2.11. The van der Waals surface area contributed by atoms with Crippen LogP contribution in [-0.4, -0.2) is 34.2 Å². The van der Waals surface area contributed by atoms with E-state index in [4.69, 9.17) is 10.5 Å². The van der Waals surface area contributed by atoms with Crippen molar-refractivity contribution in [3.63, 3.8) is 0 Å². The van der Waals surface area contributed by atoms with Crippen LogP contribution >= 0.6 is 11.3 Å². The number of aryl methyl sites for hydroxylation is 2. The van der Waals surface area contributed by atoms with Gasteiger partial charge in [-0.1, -0.05) is 30.3 Å². The molecule has 3 N–H and O–H groups in total. The van der Waals surface area contributed by atoms with E-state index in [0.717, 1.165) is 41.7 Å². The van der Waals surface area contributed by atoms with Gasteiger partial charge in [-0.25, -0.2) is 4.79 Å². The number of fused-ring (bicyclic) bond motifs is 1. The topological polar surface area (TPSA) is 116 Å². The van der Waals surface area contributed by atoms with Crippen LogP contribution in [0, 0.1) is 13.8 Å². The molecule has 0 aliphatic heterocycles. The van der Waals surface area contributed by atoms with Crippen LogP contribution in [0.4, 0.5) is 5.00 Å². The van der Waals surface area contributed by atoms with Gasteiger partial charge in [-0.3, -0.25) is 14.3 Å². The fourth-order valence-corrected chi connectivity index (χ4v) is 5.49. The highest BCUT2D eigenvalue weighted by atomic mass is 32.1. The molecule has 0 saturated carbocycles. The van der Waals surface area contributed by atoms with Gasteiger partial charge < -0.3 is 15.8 Å². The number of carbonyl (C=O) groups is 3. The van der Waals surface area contributed by atoms with Gasteiger partial charge in [0.05, 0.1) is 23.5 Å². The summed E-state index contributed by atoms with van der Waals surface area (Å²) in [5.74, 6) is -1.68. The summed E-state index contributed by atoms with van der Waals surface area (Å²) < 4.78 is 7.02. The number of benzene rings is 1. The Hall–Kier alpha value is -3.46. The van der Waals surface area contributed by atoms with E-state index >= 15 is 0 Å². The Morgan fingerprint density at radius 3 is 2.58 bits per heavy atom. The molecule has 0 atom stereocenters. The highest BCUT2D eigenvalue weighted by molar-refractivity contribution is 7.17. The van der Waals surface area contributed by atoms with Crippen LogP contribution < -0.4 is 11.1 Å². The molecule has 172 valence electrons. The van der Waals surface area contributed by atoms with Crippen LogP contribution in [-0.2, 0) is 28.9 Å². The molecular formula is C24H26N4O4S. The molecule has 9 heteroatoms. The zero-order chi connectivity index (χ0) is 23.5. The Morgan fingerprint density at radius 1 is 1.12 bits per heavy atom. The summed E-state index contributed by atoms with van der Waals surface area (Å²) in [5.41, 5.74) is 9.50. The number of esters is 1. The zero-order valence-corrected chi connectivity index (χ0v) is 19.5. The first-order valence-electron chi connectivity index (χ1n) is 10.8. The van der Waals surface area contributed by atoms with Crippen molar-refractivity contribution in [2.45, 2.75) is 46.1 Å². The van der Waals surface area contributed by atoms with Gasteiger partial charge in [0.15, 0.2) is 6.61 Å². The molecule has 2 heterocycles. The highest BCUT2D eigenvalue weighted by Gasteiger charge is 2.26. The number of hydrogen-bond donors (Lipinski definition) is 2. The molecule has 1 aromatic carbocycles. The Bertz CT molecular complexity index is 1210. The summed E-state index contributed by atoms with van der Waals surface area (Å²) >= 11 is 1.37. The SMILES string of the molecule is Cc1nn(Cc2ccccc2)c(C)c1C(=O)OCC(=O)Nc1sc2c(c1C(N)=O)CCCC2. The van der Waals surface area contributed by atoms with Crippen molar-refractivity contribution in [1.82, 2.24) is 9.78 Å². The van der Waals surface area contributed by atoms with Crippen molar-refractivity contribution in [2.24, 2.45) is 5.73 Å². The van der Waals surface area contributed by atoms with Crippen LogP contribution in [0.3, 0.4) is 0 Å². The van der Waals surface area contributed by atoms with Crippen LogP contribution in [0.15, 0.2) is 30.3 Å². The van der Waals surface area contributed by atoms with E-state index in [9.17, 15) is 14.4 Å². The van der Waals surface area contributed by atoms with Gasteiger partial charge in [-0.2, -0.15) is 5.10 Å². The molecular weight excluding hydrogens is 440 g/mol. The molecule has 1 aliphatic carbocycles. The molecule has 2 amide bonds. The number of primary amides is 1. The first-order chi connectivity index (χ1) is 15.8. The van der Waals surface area contributed by atoms with Crippen molar-refractivity contribution in [3.8, 4) is 0 Å². The largest absolute Gasteiger partial charge is 0.452 e. The number of rotatable bonds is 7. The third kappa shape index (κ3) is 4.83. The van der Waals surface area contributed by atoms with Gasteiger partial charge in [0.25, 0.3) is 11.8 Å². The summed E-state index contributed by atoms with van der Waals surface area (Å²) in [4.78, 5) is 38.3. The van der Waals surface area contributed by atoms with Gasteiger partial charge in [0, 0.05) is 4.88 Å². The van der Waals surface area contributed by atoms with Crippen LogP contribution in [0.5, 0.6) is 0 Å². The van der Waals surface area contributed by atoms with Crippen molar-refractivity contribution in [3.05, 3.63) is 68.9 Å². The fraction of sp³-hybridized carbons (Fsp3) is 0.333. The summed E-state index contributed by atoms with van der Waals surface area (Å²) in [5, 5.41) is 7.59. The number of nitrogens with zero attached hydrogens (tertiary/aromatic N) is 2. The highest BCUT2D eigenvalue weighted by Crippen LogP contribution is 2.37.